The van der Waals surface area contributed by atoms with Gasteiger partial charge in [0.25, 0.3) is 0 Å². The molecule has 1 aliphatic heterocycles. The number of nitrogens with one attached hydrogen (secondary N) is 4. The predicted octanol–water partition coefficient (Wildman–Crippen LogP) is -2.25. The second-order valence-electron chi connectivity index (χ2n) is 12.3. The van der Waals surface area contributed by atoms with Gasteiger partial charge in [-0.3, -0.25) is 33.8 Å². The van der Waals surface area contributed by atoms with Crippen LogP contribution in [0, 0.1) is 0 Å². The number of hydrogen-bond acceptors (Lipinski definition) is 9. The van der Waals surface area contributed by atoms with E-state index in [9.17, 15) is 43.8 Å². The van der Waals surface area contributed by atoms with Crippen molar-refractivity contribution in [3.05, 3.63) is 36.0 Å². The number of nitrogens with two attached hydrogens (primary N) is 4. The Kier molecular flexibility index (Phi) is 14.7. The fourth-order valence-electron chi connectivity index (χ4n) is 5.79. The van der Waals surface area contributed by atoms with Gasteiger partial charge in [0, 0.05) is 43.0 Å². The highest BCUT2D eigenvalue weighted by Crippen LogP contribution is 2.21. The second kappa shape index (κ2) is 18.9. The molecule has 14 N–H and O–H groups in total. The van der Waals surface area contributed by atoms with E-state index in [-0.39, 0.29) is 64.0 Å². The first-order chi connectivity index (χ1) is 24.2. The molecule has 0 bridgehead atoms. The number of rotatable bonds is 20. The molecule has 0 unspecified atom stereocenters. The molecule has 1 aromatic heterocycles. The third-order valence-electron chi connectivity index (χ3n) is 8.42. The van der Waals surface area contributed by atoms with Crippen LogP contribution in [0.25, 0.3) is 10.9 Å². The molecule has 5 amide bonds. The number of H-pyrrole nitrogens is 1. The number of guanidine groups is 1. The van der Waals surface area contributed by atoms with E-state index in [0.717, 1.165) is 21.4 Å². The minimum atomic E-state index is -1.43. The van der Waals surface area contributed by atoms with Gasteiger partial charge in [-0.1, -0.05) is 18.2 Å². The summed E-state index contributed by atoms with van der Waals surface area (Å²) in [5.41, 5.74) is 23.9. The van der Waals surface area contributed by atoms with Gasteiger partial charge in [-0.15, -0.1) is 0 Å². The Morgan fingerprint density at radius 1 is 0.882 bits per heavy atom. The number of primary amides is 1. The van der Waals surface area contributed by atoms with Crippen molar-refractivity contribution < 1.29 is 43.8 Å². The molecule has 0 spiro atoms. The summed E-state index contributed by atoms with van der Waals surface area (Å²) >= 11 is 0. The normalized spacial score (nSPS) is 16.3. The van der Waals surface area contributed by atoms with Gasteiger partial charge < -0.3 is 59.0 Å². The van der Waals surface area contributed by atoms with Gasteiger partial charge in [-0.25, -0.2) is 4.79 Å². The molecule has 19 heteroatoms. The van der Waals surface area contributed by atoms with Gasteiger partial charge in [0.15, 0.2) is 5.96 Å². The zero-order chi connectivity index (χ0) is 37.7. The van der Waals surface area contributed by atoms with Crippen LogP contribution in [0.4, 0.5) is 0 Å². The number of benzene rings is 1. The summed E-state index contributed by atoms with van der Waals surface area (Å²) in [6, 6.07) is 0.976. The lowest BCUT2D eigenvalue weighted by Crippen LogP contribution is -2.58. The van der Waals surface area contributed by atoms with E-state index in [1.807, 2.05) is 24.3 Å². The average Bonchev–Trinajstić information content (AvgIpc) is 3.73. The summed E-state index contributed by atoms with van der Waals surface area (Å²) < 4.78 is 0. The van der Waals surface area contributed by atoms with Crippen LogP contribution in [-0.4, -0.2) is 111 Å². The van der Waals surface area contributed by atoms with Crippen LogP contribution in [0.2, 0.25) is 0 Å². The Balaban J connectivity index is 1.80. The fourth-order valence-corrected chi connectivity index (χ4v) is 5.79. The molecule has 0 radical (unpaired) electrons. The molecule has 3 rings (SSSR count). The largest absolute Gasteiger partial charge is 0.481 e. The number of likely N-dealkylation sites (tertiary alicyclic amines) is 1. The molecule has 19 nitrogen and oxygen atoms in total. The number of hydrogen-bond donors (Lipinski definition) is 10. The standard InChI is InChI=1S/C32H46N10O9/c33-19(15-17-16-38-20-6-2-1-5-18(17)20)27(46)39-22(10-12-26(44)45)29(48)40-21(7-3-13-37-32(35)36)28(47)41-23(9-11-25(34)43)30(49)42-14-4-8-24(42)31(50)51/h1-2,5-6,16,19,21-24,38H,3-4,7-15,33H2,(H2,34,43)(H,39,46)(H,40,48)(H,41,47)(H,44,45)(H,50,51)(H4,35,36,37)/t19-,21-,22-,23-,24-/m0/s1. The number of aromatic amines is 1. The molecule has 2 heterocycles. The quantitative estimate of drug-likeness (QED) is 0.0395. The molecule has 1 fully saturated rings. The number of carbonyl (C=O) groups excluding carboxylic acids is 5. The van der Waals surface area contributed by atoms with E-state index in [0.29, 0.717) is 6.42 Å². The summed E-state index contributed by atoms with van der Waals surface area (Å²) in [4.78, 5) is 96.8. The minimum Gasteiger partial charge on any atom is -0.481 e. The van der Waals surface area contributed by atoms with Crippen LogP contribution in [0.5, 0.6) is 0 Å². The number of carboxylic acid groups (broad SMARTS) is 2. The van der Waals surface area contributed by atoms with E-state index in [1.54, 1.807) is 6.20 Å². The van der Waals surface area contributed by atoms with E-state index >= 15 is 0 Å². The van der Waals surface area contributed by atoms with Crippen LogP contribution >= 0.6 is 0 Å². The number of aromatic nitrogens is 1. The van der Waals surface area contributed by atoms with Crippen molar-refractivity contribution in [1.29, 1.82) is 0 Å². The lowest BCUT2D eigenvalue weighted by Gasteiger charge is -2.29. The first-order valence-electron chi connectivity index (χ1n) is 16.5. The Labute approximate surface area is 292 Å². The summed E-state index contributed by atoms with van der Waals surface area (Å²) in [7, 11) is 0. The molecular weight excluding hydrogens is 668 g/mol. The van der Waals surface area contributed by atoms with E-state index < -0.39 is 78.1 Å². The van der Waals surface area contributed by atoms with Crippen molar-refractivity contribution in [2.24, 2.45) is 27.9 Å². The number of aliphatic imine (C=N–C) groups is 1. The highest BCUT2D eigenvalue weighted by molar-refractivity contribution is 5.96. The number of nitrogens with zero attached hydrogens (tertiary/aromatic N) is 2. The zero-order valence-electron chi connectivity index (χ0n) is 28.0. The van der Waals surface area contributed by atoms with Crippen LogP contribution in [0.3, 0.4) is 0 Å². The third kappa shape index (κ3) is 12.0. The summed E-state index contributed by atoms with van der Waals surface area (Å²) in [5, 5.41) is 27.3. The van der Waals surface area contributed by atoms with Crippen LogP contribution < -0.4 is 38.9 Å². The van der Waals surface area contributed by atoms with Gasteiger partial charge in [0.2, 0.25) is 29.5 Å². The molecule has 0 saturated carbocycles. The molecule has 5 atom stereocenters. The van der Waals surface area contributed by atoms with Gasteiger partial charge in [0.1, 0.15) is 24.2 Å². The van der Waals surface area contributed by atoms with Crippen molar-refractivity contribution in [3.63, 3.8) is 0 Å². The van der Waals surface area contributed by atoms with Gasteiger partial charge in [-0.05, 0) is 56.6 Å². The second-order valence-corrected chi connectivity index (χ2v) is 12.3. The smallest absolute Gasteiger partial charge is 0.326 e. The molecule has 1 saturated heterocycles. The Bertz CT molecular complexity index is 1620. The van der Waals surface area contributed by atoms with Crippen molar-refractivity contribution >= 4 is 58.3 Å². The molecule has 1 aromatic carbocycles. The number of para-hydroxylation sites is 1. The number of amides is 5. The Hall–Kier alpha value is -5.72. The van der Waals surface area contributed by atoms with Gasteiger partial charge in [-0.2, -0.15) is 0 Å². The monoisotopic (exact) mass is 714 g/mol. The maximum atomic E-state index is 13.7. The topological polar surface area (TPSA) is 332 Å². The van der Waals surface area contributed by atoms with E-state index in [1.165, 1.54) is 0 Å². The van der Waals surface area contributed by atoms with Crippen LogP contribution in [0.15, 0.2) is 35.5 Å². The third-order valence-corrected chi connectivity index (χ3v) is 8.42. The highest BCUT2D eigenvalue weighted by Gasteiger charge is 2.38. The first kappa shape index (κ1) is 39.7. The molecular formula is C32H46N10O9. The van der Waals surface area contributed by atoms with Crippen LogP contribution in [0.1, 0.15) is 56.9 Å². The van der Waals surface area contributed by atoms with Crippen molar-refractivity contribution in [2.75, 3.05) is 13.1 Å². The SMILES string of the molecule is NC(=O)CC[C@H](NC(=O)[C@H](CCCN=C(N)N)NC(=O)[C@H](CCC(=O)O)NC(=O)[C@@H](N)Cc1c[nH]c2ccccc12)C(=O)N1CCC[C@H]1C(=O)O. The Morgan fingerprint density at radius 2 is 1.51 bits per heavy atom. The predicted molar refractivity (Wildman–Crippen MR) is 183 cm³/mol. The number of fused-ring (bicyclic) bond motifs is 1. The van der Waals surface area contributed by atoms with E-state index in [4.69, 9.17) is 22.9 Å². The van der Waals surface area contributed by atoms with Crippen molar-refractivity contribution in [3.8, 4) is 0 Å². The van der Waals surface area contributed by atoms with Crippen molar-refractivity contribution in [2.45, 2.75) is 88.0 Å². The van der Waals surface area contributed by atoms with Crippen molar-refractivity contribution in [1.82, 2.24) is 25.8 Å². The maximum absolute atomic E-state index is 13.7. The zero-order valence-corrected chi connectivity index (χ0v) is 28.0. The minimum absolute atomic E-state index is 0.0575. The highest BCUT2D eigenvalue weighted by atomic mass is 16.4. The molecule has 2 aromatic rings. The lowest BCUT2D eigenvalue weighted by atomic mass is 10.0. The number of aliphatic carboxylic acids is 2. The van der Waals surface area contributed by atoms with Crippen LogP contribution in [-0.2, 0) is 40.0 Å². The molecule has 51 heavy (non-hydrogen) atoms. The summed E-state index contributed by atoms with van der Waals surface area (Å²) in [5.74, 6) is -6.70. The Morgan fingerprint density at radius 3 is 2.16 bits per heavy atom. The maximum Gasteiger partial charge on any atom is 0.326 e. The fraction of sp³-hybridized carbons (Fsp3) is 0.500. The van der Waals surface area contributed by atoms with Gasteiger partial charge in [0.05, 0.1) is 6.04 Å². The average molecular weight is 715 g/mol. The number of carbonyl (C=O) groups is 7. The lowest BCUT2D eigenvalue weighted by molar-refractivity contribution is -0.149. The first-order valence-corrected chi connectivity index (χ1v) is 16.5. The summed E-state index contributed by atoms with van der Waals surface area (Å²) in [6.07, 6.45) is 1.09. The number of carboxylic acids is 2. The summed E-state index contributed by atoms with van der Waals surface area (Å²) in [6.45, 7) is 0.173. The van der Waals surface area contributed by atoms with E-state index in [2.05, 4.69) is 25.9 Å². The van der Waals surface area contributed by atoms with Gasteiger partial charge >= 0.3 is 11.9 Å². The molecule has 278 valence electrons. The molecule has 0 aliphatic carbocycles. The molecule has 1 aliphatic rings.